The molecule has 0 aromatic carbocycles. The lowest BCUT2D eigenvalue weighted by Crippen LogP contribution is -1.92. The van der Waals surface area contributed by atoms with Gasteiger partial charge in [0.2, 0.25) is 0 Å². The lowest BCUT2D eigenvalue weighted by atomic mass is 11.5. The van der Waals surface area contributed by atoms with Crippen molar-refractivity contribution in [3.8, 4) is 0 Å². The van der Waals surface area contributed by atoms with Crippen LogP contribution in [0.25, 0.3) is 0 Å². The van der Waals surface area contributed by atoms with E-state index in [0.717, 1.165) is 0 Å². The summed E-state index contributed by atoms with van der Waals surface area (Å²) in [7, 11) is 2.55. The van der Waals surface area contributed by atoms with Gasteiger partial charge in [-0.25, -0.2) is 0 Å². The van der Waals surface area contributed by atoms with Gasteiger partial charge in [0.15, 0.2) is 10.2 Å². The van der Waals surface area contributed by atoms with Crippen molar-refractivity contribution in [2.24, 2.45) is 0 Å². The van der Waals surface area contributed by atoms with Crippen molar-refractivity contribution < 1.29 is 9.53 Å². The molecule has 0 aliphatic carbocycles. The van der Waals surface area contributed by atoms with Crippen molar-refractivity contribution in [3.05, 3.63) is 0 Å². The monoisotopic (exact) mass is 89.0 g/mol. The first-order valence-electron chi connectivity index (χ1n) is 1.17. The first-order valence-corrected chi connectivity index (χ1v) is 1.88. The van der Waals surface area contributed by atoms with Crippen molar-refractivity contribution in [2.75, 3.05) is 7.11 Å². The van der Waals surface area contributed by atoms with Gasteiger partial charge in [0, 0.05) is 0 Å². The van der Waals surface area contributed by atoms with Gasteiger partial charge in [0.1, 0.15) is 0 Å². The molecule has 0 fully saturated rings. The van der Waals surface area contributed by atoms with Gasteiger partial charge in [-0.2, -0.15) is 0 Å². The van der Waals surface area contributed by atoms with Gasteiger partial charge in [-0.3, -0.25) is 4.79 Å². The number of hydrogen-bond acceptors (Lipinski definition) is 2. The number of carbonyl (C=O) groups is 1. The van der Waals surface area contributed by atoms with Crippen molar-refractivity contribution in [1.82, 2.24) is 0 Å². The minimum absolute atomic E-state index is 0.218. The zero-order valence-corrected chi connectivity index (χ0v) is 4.44. The molecule has 0 N–H and O–H groups in total. The molecule has 5 heavy (non-hydrogen) atoms. The van der Waals surface area contributed by atoms with Crippen LogP contribution >= 0.6 is 0 Å². The van der Waals surface area contributed by atoms with Crippen LogP contribution in [0.2, 0.25) is 0 Å². The fourth-order valence-corrected chi connectivity index (χ4v) is 0. The van der Waals surface area contributed by atoms with E-state index in [1.807, 2.05) is 0 Å². The molecular weight excluding hydrogens is 84.1 g/mol. The number of rotatable bonds is 0. The predicted octanol–water partition coefficient (Wildman–Crippen LogP) is -0.614. The second kappa shape index (κ2) is 1.96. The van der Waals surface area contributed by atoms with E-state index in [0.29, 0.717) is 0 Å². The van der Waals surface area contributed by atoms with Crippen LogP contribution in [0.5, 0.6) is 0 Å². The van der Waals surface area contributed by atoms with E-state index in [-0.39, 0.29) is 5.59 Å². The average Bonchev–Trinajstić information content (AvgIpc) is 1.38. The van der Waals surface area contributed by atoms with Gasteiger partial charge >= 0.3 is 0 Å². The third-order valence-corrected chi connectivity index (χ3v) is 0.516. The van der Waals surface area contributed by atoms with Gasteiger partial charge in [-0.05, 0) is 0 Å². The molecule has 0 rings (SSSR count). The molecule has 0 saturated carbocycles. The molecule has 0 aliphatic heterocycles. The van der Waals surface area contributed by atoms with E-state index in [2.05, 4.69) is 4.74 Å². The van der Waals surface area contributed by atoms with E-state index < -0.39 is 0 Å². The third kappa shape index (κ3) is 3.69. The number of carbonyl (C=O) groups excluding carboxylic acids is 1. The molecule has 0 heterocycles. The summed E-state index contributed by atoms with van der Waals surface area (Å²) in [5, 5.41) is 0. The van der Waals surface area contributed by atoms with Crippen molar-refractivity contribution in [3.63, 3.8) is 0 Å². The van der Waals surface area contributed by atoms with Crippen molar-refractivity contribution in [2.45, 2.75) is 0 Å². The maximum Gasteiger partial charge on any atom is 0.261 e. The zero-order chi connectivity index (χ0) is 4.28. The molecule has 0 aromatic heterocycles. The lowest BCUT2D eigenvalue weighted by Gasteiger charge is -1.81. The second-order valence-electron chi connectivity index (χ2n) is 0.576. The maximum atomic E-state index is 9.60. The van der Waals surface area contributed by atoms with E-state index in [1.54, 1.807) is 0 Å². The van der Waals surface area contributed by atoms with Crippen LogP contribution in [0.1, 0.15) is 0 Å². The number of methoxy groups -OCH3 is 1. The van der Waals surface area contributed by atoms with Crippen LogP contribution in [-0.4, -0.2) is 22.9 Å². The average molecular weight is 89.1 g/mol. The molecule has 0 spiro atoms. The minimum Gasteiger partial charge on any atom is -0.474 e. The second-order valence-corrected chi connectivity index (χ2v) is 1.15. The summed E-state index contributed by atoms with van der Waals surface area (Å²) in [5.74, 6) is 0. The Balaban J connectivity index is 2.85. The van der Waals surface area contributed by atoms with Crippen molar-refractivity contribution >= 4 is 15.8 Å². The van der Waals surface area contributed by atoms with Gasteiger partial charge in [0.25, 0.3) is 5.59 Å². The summed E-state index contributed by atoms with van der Waals surface area (Å²) in [6.07, 6.45) is 0. The highest BCUT2D eigenvalue weighted by Crippen LogP contribution is 1.59. The summed E-state index contributed by atoms with van der Waals surface area (Å²) < 4.78 is 4.12. The van der Waals surface area contributed by atoms with Gasteiger partial charge < -0.3 is 4.74 Å². The molecule has 0 unspecified atom stereocenters. The molecule has 0 atom stereocenters. The largest absolute Gasteiger partial charge is 0.474 e. The highest BCUT2D eigenvalue weighted by molar-refractivity contribution is 6.55. The van der Waals surface area contributed by atoms with E-state index in [9.17, 15) is 4.79 Å². The minimum atomic E-state index is -0.218. The molecule has 0 bridgehead atoms. The Bertz CT molecular complexity index is 42.9. The van der Waals surface area contributed by atoms with Gasteiger partial charge in [-0.1, -0.05) is 0 Å². The third-order valence-electron chi connectivity index (χ3n) is 0.228. The smallest absolute Gasteiger partial charge is 0.261 e. The Morgan fingerprint density at radius 2 is 2.20 bits per heavy atom. The normalized spacial score (nSPS) is 6.80. The number of hydrogen-bond donors (Lipinski definition) is 0. The number of ether oxygens (including phenoxy) is 1. The Hall–Kier alpha value is -0.313. The topological polar surface area (TPSA) is 26.3 Å². The summed E-state index contributed by atoms with van der Waals surface area (Å²) in [6, 6.07) is 0. The van der Waals surface area contributed by atoms with Crippen LogP contribution in [0, 0.1) is 0 Å². The van der Waals surface area contributed by atoms with Gasteiger partial charge in [-0.15, -0.1) is 0 Å². The van der Waals surface area contributed by atoms with E-state index in [4.69, 9.17) is 0 Å². The zero-order valence-electron chi connectivity index (χ0n) is 3.02. The predicted molar refractivity (Wildman–Crippen MR) is 20.9 cm³/mol. The standard InChI is InChI=1S/C2H5O2Si/c1-4-2(3)5/h5H2,1H3. The highest BCUT2D eigenvalue weighted by Gasteiger charge is 1.75. The van der Waals surface area contributed by atoms with E-state index >= 15 is 0 Å². The molecule has 1 radical (unpaired) electrons. The van der Waals surface area contributed by atoms with E-state index in [1.165, 1.54) is 17.4 Å². The Labute approximate surface area is 33.6 Å². The highest BCUT2D eigenvalue weighted by atomic mass is 28.1. The van der Waals surface area contributed by atoms with Crippen molar-refractivity contribution in [1.29, 1.82) is 0 Å². The Morgan fingerprint density at radius 3 is 2.20 bits per heavy atom. The van der Waals surface area contributed by atoms with Crippen LogP contribution in [0.3, 0.4) is 0 Å². The first kappa shape index (κ1) is 4.69. The molecule has 0 saturated heterocycles. The molecular formula is C2H5O2Si. The first-order chi connectivity index (χ1) is 2.27. The van der Waals surface area contributed by atoms with Crippen LogP contribution in [0.4, 0.5) is 4.79 Å². The summed E-state index contributed by atoms with van der Waals surface area (Å²) in [4.78, 5) is 9.60. The van der Waals surface area contributed by atoms with Gasteiger partial charge in [0.05, 0.1) is 7.11 Å². The quantitative estimate of drug-likeness (QED) is 0.370. The van der Waals surface area contributed by atoms with Crippen LogP contribution in [0.15, 0.2) is 0 Å². The molecule has 0 aliphatic rings. The van der Waals surface area contributed by atoms with Crippen LogP contribution in [-0.2, 0) is 4.74 Å². The SMILES string of the molecule is COC(=O)[SiH2]. The molecule has 29 valence electrons. The van der Waals surface area contributed by atoms with Crippen LogP contribution < -0.4 is 0 Å². The Kier molecular flexibility index (Phi) is 1.84. The molecule has 2 nitrogen and oxygen atoms in total. The molecule has 3 heteroatoms. The fourth-order valence-electron chi connectivity index (χ4n) is 0. The summed E-state index contributed by atoms with van der Waals surface area (Å²) >= 11 is 0. The lowest BCUT2D eigenvalue weighted by molar-refractivity contribution is 0.198. The molecule has 0 aromatic rings. The molecule has 0 amide bonds. The summed E-state index contributed by atoms with van der Waals surface area (Å²) in [5.41, 5.74) is -0.218. The maximum absolute atomic E-state index is 9.60. The summed E-state index contributed by atoms with van der Waals surface area (Å²) in [6.45, 7) is 0. The Morgan fingerprint density at radius 1 is 2.00 bits per heavy atom. The fraction of sp³-hybridized carbons (Fsp3) is 0.500.